The van der Waals surface area contributed by atoms with Crippen LogP contribution in [0.5, 0.6) is 11.5 Å². The Kier molecular flexibility index (Phi) is 12.9. The predicted molar refractivity (Wildman–Crippen MR) is 147 cm³/mol. The summed E-state index contributed by atoms with van der Waals surface area (Å²) < 4.78 is 29.9. The molecule has 2 amide bonds. The van der Waals surface area contributed by atoms with Gasteiger partial charge >= 0.3 is 12.0 Å². The van der Waals surface area contributed by atoms with Crippen LogP contribution >= 0.6 is 0 Å². The smallest absolute Gasteiger partial charge is 0.333 e. The second-order valence-electron chi connectivity index (χ2n) is 9.76. The number of hydrogen-bond acceptors (Lipinski definition) is 5. The lowest BCUT2D eigenvalue weighted by atomic mass is 9.96. The second-order valence-corrected chi connectivity index (χ2v) is 9.76. The average Bonchev–Trinajstić information content (AvgIpc) is 2.94. The Bertz CT molecular complexity index is 996. The average molecular weight is 545 g/mol. The van der Waals surface area contributed by atoms with Gasteiger partial charge in [0.05, 0.1) is 13.2 Å². The number of carboxylic acid groups (broad SMARTS) is 1. The molecule has 0 radical (unpaired) electrons. The van der Waals surface area contributed by atoms with Gasteiger partial charge in [-0.15, -0.1) is 0 Å². The van der Waals surface area contributed by atoms with Crippen molar-refractivity contribution in [1.29, 1.82) is 0 Å². The number of carboxylic acids is 1. The Labute approximate surface area is 230 Å². The SMILES string of the molecule is CCOC(Cc1ccc(OCCN(CCCCOc2ccc(F)cc2)C(=O)NC2CCCCC2)cc1)C(=O)O. The van der Waals surface area contributed by atoms with Crippen LogP contribution in [0, 0.1) is 5.82 Å². The van der Waals surface area contributed by atoms with Gasteiger partial charge in [-0.25, -0.2) is 14.0 Å². The van der Waals surface area contributed by atoms with Gasteiger partial charge in [0.2, 0.25) is 0 Å². The second kappa shape index (κ2) is 16.6. The molecule has 1 aliphatic rings. The van der Waals surface area contributed by atoms with E-state index in [-0.39, 0.29) is 24.3 Å². The molecule has 1 saturated carbocycles. The zero-order chi connectivity index (χ0) is 27.9. The van der Waals surface area contributed by atoms with Crippen molar-refractivity contribution in [2.24, 2.45) is 0 Å². The number of benzene rings is 2. The number of halogens is 1. The Hall–Kier alpha value is -3.33. The largest absolute Gasteiger partial charge is 0.494 e. The summed E-state index contributed by atoms with van der Waals surface area (Å²) in [5.74, 6) is 0.000721. The van der Waals surface area contributed by atoms with Gasteiger partial charge in [0.25, 0.3) is 0 Å². The highest BCUT2D eigenvalue weighted by Gasteiger charge is 2.20. The van der Waals surface area contributed by atoms with Gasteiger partial charge in [-0.1, -0.05) is 31.4 Å². The first kappa shape index (κ1) is 30.2. The fourth-order valence-corrected chi connectivity index (χ4v) is 4.58. The monoisotopic (exact) mass is 544 g/mol. The molecule has 2 N–H and O–H groups in total. The topological polar surface area (TPSA) is 97.3 Å². The van der Waals surface area contributed by atoms with Gasteiger partial charge in [0, 0.05) is 25.6 Å². The molecule has 1 fully saturated rings. The molecule has 0 heterocycles. The van der Waals surface area contributed by atoms with Crippen molar-refractivity contribution in [1.82, 2.24) is 10.2 Å². The van der Waals surface area contributed by atoms with E-state index < -0.39 is 12.1 Å². The summed E-state index contributed by atoms with van der Waals surface area (Å²) in [4.78, 5) is 26.2. The molecule has 0 bridgehead atoms. The van der Waals surface area contributed by atoms with Gasteiger partial charge < -0.3 is 29.5 Å². The molecule has 3 rings (SSSR count). The summed E-state index contributed by atoms with van der Waals surface area (Å²) in [7, 11) is 0. The molecule has 2 aromatic rings. The van der Waals surface area contributed by atoms with E-state index in [2.05, 4.69) is 5.32 Å². The van der Waals surface area contributed by atoms with E-state index in [1.807, 2.05) is 12.1 Å². The molecule has 9 heteroatoms. The molecule has 0 aliphatic heterocycles. The van der Waals surface area contributed by atoms with Crippen LogP contribution in [-0.4, -0.2) is 67.1 Å². The zero-order valence-corrected chi connectivity index (χ0v) is 22.8. The van der Waals surface area contributed by atoms with Crippen LogP contribution in [0.2, 0.25) is 0 Å². The molecule has 39 heavy (non-hydrogen) atoms. The van der Waals surface area contributed by atoms with Crippen molar-refractivity contribution in [3.05, 3.63) is 59.9 Å². The van der Waals surface area contributed by atoms with E-state index in [4.69, 9.17) is 14.2 Å². The lowest BCUT2D eigenvalue weighted by Gasteiger charge is -2.28. The van der Waals surface area contributed by atoms with Crippen LogP contribution in [0.15, 0.2) is 48.5 Å². The summed E-state index contributed by atoms with van der Waals surface area (Å²) in [6.07, 6.45) is 6.46. The van der Waals surface area contributed by atoms with Crippen LogP contribution in [0.3, 0.4) is 0 Å². The van der Waals surface area contributed by atoms with E-state index >= 15 is 0 Å². The lowest BCUT2D eigenvalue weighted by Crippen LogP contribution is -2.47. The minimum Gasteiger partial charge on any atom is -0.494 e. The van der Waals surface area contributed by atoms with Crippen molar-refractivity contribution in [2.45, 2.75) is 70.4 Å². The number of hydrogen-bond donors (Lipinski definition) is 2. The first-order valence-corrected chi connectivity index (χ1v) is 13.9. The van der Waals surface area contributed by atoms with Crippen molar-refractivity contribution < 1.29 is 33.3 Å². The number of amides is 2. The number of rotatable bonds is 16. The molecule has 8 nitrogen and oxygen atoms in total. The molecule has 1 unspecified atom stereocenters. The predicted octanol–water partition coefficient (Wildman–Crippen LogP) is 5.44. The summed E-state index contributed by atoms with van der Waals surface area (Å²) in [6.45, 7) is 3.93. The molecule has 0 saturated heterocycles. The van der Waals surface area contributed by atoms with Gasteiger partial charge in [0.1, 0.15) is 23.9 Å². The maximum Gasteiger partial charge on any atom is 0.333 e. The Morgan fingerprint density at radius 2 is 1.59 bits per heavy atom. The lowest BCUT2D eigenvalue weighted by molar-refractivity contribution is -0.149. The minimum absolute atomic E-state index is 0.0732. The third kappa shape index (κ3) is 11.1. The number of ether oxygens (including phenoxy) is 3. The molecular weight excluding hydrogens is 503 g/mol. The number of unbranched alkanes of at least 4 members (excludes halogenated alkanes) is 1. The van der Waals surface area contributed by atoms with E-state index in [0.717, 1.165) is 44.1 Å². The van der Waals surface area contributed by atoms with E-state index in [0.29, 0.717) is 44.4 Å². The van der Waals surface area contributed by atoms with Crippen molar-refractivity contribution in [3.63, 3.8) is 0 Å². The van der Waals surface area contributed by atoms with Gasteiger partial charge in [0.15, 0.2) is 6.10 Å². The van der Waals surface area contributed by atoms with Gasteiger partial charge in [-0.05, 0) is 74.6 Å². The maximum absolute atomic E-state index is 13.1. The van der Waals surface area contributed by atoms with Crippen LogP contribution in [0.4, 0.5) is 9.18 Å². The van der Waals surface area contributed by atoms with Gasteiger partial charge in [-0.3, -0.25) is 0 Å². The number of nitrogens with zero attached hydrogens (tertiary/aromatic N) is 1. The third-order valence-electron chi connectivity index (χ3n) is 6.74. The highest BCUT2D eigenvalue weighted by molar-refractivity contribution is 5.74. The third-order valence-corrected chi connectivity index (χ3v) is 6.74. The Morgan fingerprint density at radius 1 is 0.949 bits per heavy atom. The van der Waals surface area contributed by atoms with Crippen molar-refractivity contribution in [3.8, 4) is 11.5 Å². The quantitative estimate of drug-likeness (QED) is 0.273. The normalized spacial score (nSPS) is 14.4. The highest BCUT2D eigenvalue weighted by Crippen LogP contribution is 2.18. The van der Waals surface area contributed by atoms with Crippen molar-refractivity contribution in [2.75, 3.05) is 32.9 Å². The molecule has 214 valence electrons. The van der Waals surface area contributed by atoms with E-state index in [1.54, 1.807) is 36.1 Å². The summed E-state index contributed by atoms with van der Waals surface area (Å²) in [6, 6.07) is 13.4. The summed E-state index contributed by atoms with van der Waals surface area (Å²) >= 11 is 0. The highest BCUT2D eigenvalue weighted by atomic mass is 19.1. The minimum atomic E-state index is -0.981. The van der Waals surface area contributed by atoms with Crippen molar-refractivity contribution >= 4 is 12.0 Å². The van der Waals surface area contributed by atoms with Crippen LogP contribution in [-0.2, 0) is 16.0 Å². The standard InChI is InChI=1S/C30H41FN2O6/c1-2-37-28(29(34)35)22-23-10-14-26(15-11-23)39-21-19-33(30(36)32-25-8-4-3-5-9-25)18-6-7-20-38-27-16-12-24(31)13-17-27/h10-17,25,28H,2-9,18-22H2,1H3,(H,32,36)(H,34,35). The van der Waals surface area contributed by atoms with Crippen LogP contribution in [0.25, 0.3) is 0 Å². The molecular formula is C30H41FN2O6. The summed E-state index contributed by atoms with van der Waals surface area (Å²) in [5.41, 5.74) is 0.847. The Morgan fingerprint density at radius 3 is 2.23 bits per heavy atom. The van der Waals surface area contributed by atoms with Crippen LogP contribution in [0.1, 0.15) is 57.4 Å². The first-order valence-electron chi connectivity index (χ1n) is 13.9. The Balaban J connectivity index is 1.46. The van der Waals surface area contributed by atoms with E-state index in [1.165, 1.54) is 18.6 Å². The fraction of sp³-hybridized carbons (Fsp3) is 0.533. The number of nitrogens with one attached hydrogen (secondary N) is 1. The fourth-order valence-electron chi connectivity index (χ4n) is 4.58. The molecule has 2 aromatic carbocycles. The number of carbonyl (C=O) groups excluding carboxylic acids is 1. The first-order chi connectivity index (χ1) is 18.9. The number of aliphatic carboxylic acids is 1. The van der Waals surface area contributed by atoms with Crippen LogP contribution < -0.4 is 14.8 Å². The molecule has 0 aromatic heterocycles. The number of urea groups is 1. The molecule has 1 atom stereocenters. The van der Waals surface area contributed by atoms with Gasteiger partial charge in [-0.2, -0.15) is 0 Å². The summed E-state index contributed by atoms with van der Waals surface area (Å²) in [5, 5.41) is 12.5. The maximum atomic E-state index is 13.1. The molecule has 0 spiro atoms. The molecule has 1 aliphatic carbocycles. The van der Waals surface area contributed by atoms with E-state index in [9.17, 15) is 19.1 Å². The zero-order valence-electron chi connectivity index (χ0n) is 22.8. The number of carbonyl (C=O) groups is 2.